The van der Waals surface area contributed by atoms with Crippen LogP contribution in [0, 0.1) is 26.0 Å². The predicted molar refractivity (Wildman–Crippen MR) is 115 cm³/mol. The van der Waals surface area contributed by atoms with Crippen molar-refractivity contribution in [1.29, 1.82) is 0 Å². The third-order valence-electron chi connectivity index (χ3n) is 4.19. The minimum atomic E-state index is -1.11. The highest BCUT2D eigenvalue weighted by Crippen LogP contribution is 2.38. The lowest BCUT2D eigenvalue weighted by Crippen LogP contribution is -2.37. The quantitative estimate of drug-likeness (QED) is 0.420. The standard InChI is InChI=1S/C13H16ClNO6.C6H3ClFNO3/c1-12(2)20-7-13(3,21-12)6-19-11-5-10(16)8(14)4-9(11)15(17)18;7-3-1-5(9(11)12)4(8)2-6(3)10/h4-5,16H,6-7H2,1-3H3;1-2,10H. The summed E-state index contributed by atoms with van der Waals surface area (Å²) in [4.78, 5) is 19.6. The van der Waals surface area contributed by atoms with Crippen LogP contribution in [-0.4, -0.2) is 44.7 Å². The molecule has 1 fully saturated rings. The van der Waals surface area contributed by atoms with E-state index in [1.807, 2.05) is 0 Å². The van der Waals surface area contributed by atoms with Gasteiger partial charge >= 0.3 is 11.4 Å². The lowest BCUT2D eigenvalue weighted by Gasteiger charge is -2.25. The Bertz CT molecular complexity index is 1080. The first-order valence-corrected chi connectivity index (χ1v) is 9.86. The lowest BCUT2D eigenvalue weighted by atomic mass is 10.1. The molecule has 1 unspecified atom stereocenters. The summed E-state index contributed by atoms with van der Waals surface area (Å²) in [6, 6.07) is 3.52. The number of hydrogen-bond acceptors (Lipinski definition) is 9. The van der Waals surface area contributed by atoms with Crippen LogP contribution in [0.15, 0.2) is 24.3 Å². The van der Waals surface area contributed by atoms with Gasteiger partial charge in [-0.1, -0.05) is 23.2 Å². The molecule has 1 aliphatic heterocycles. The van der Waals surface area contributed by atoms with Crippen molar-refractivity contribution in [2.24, 2.45) is 0 Å². The Kier molecular flexibility index (Phi) is 7.91. The number of nitrogens with zero attached hydrogens (tertiary/aromatic N) is 2. The zero-order chi connectivity index (χ0) is 25.1. The summed E-state index contributed by atoms with van der Waals surface area (Å²) in [6.45, 7) is 5.67. The van der Waals surface area contributed by atoms with Crippen LogP contribution in [0.1, 0.15) is 20.8 Å². The summed E-state index contributed by atoms with van der Waals surface area (Å²) in [7, 11) is 0. The maximum absolute atomic E-state index is 12.6. The van der Waals surface area contributed by atoms with Crippen molar-refractivity contribution < 1.29 is 38.7 Å². The molecule has 0 aromatic heterocycles. The molecule has 180 valence electrons. The SMILES string of the molecule is CC1(COc2cc(O)c(Cl)cc2[N+](=O)[O-])COC(C)(C)O1.O=[N+]([O-])c1cc(Cl)c(O)cc1F. The lowest BCUT2D eigenvalue weighted by molar-refractivity contribution is -0.387. The second-order valence-corrected chi connectivity index (χ2v) is 8.38. The third kappa shape index (κ3) is 6.78. The second kappa shape index (κ2) is 9.91. The number of phenols is 2. The van der Waals surface area contributed by atoms with Crippen molar-refractivity contribution in [1.82, 2.24) is 0 Å². The monoisotopic (exact) mass is 508 g/mol. The van der Waals surface area contributed by atoms with E-state index in [0.29, 0.717) is 12.7 Å². The van der Waals surface area contributed by atoms with Crippen LogP contribution in [0.25, 0.3) is 0 Å². The highest BCUT2D eigenvalue weighted by Gasteiger charge is 2.43. The number of nitro benzene ring substituents is 2. The van der Waals surface area contributed by atoms with E-state index < -0.39 is 38.5 Å². The maximum Gasteiger partial charge on any atom is 0.312 e. The van der Waals surface area contributed by atoms with Crippen LogP contribution in [0.2, 0.25) is 10.0 Å². The number of ether oxygens (including phenoxy) is 3. The summed E-state index contributed by atoms with van der Waals surface area (Å²) in [5, 5.41) is 39.1. The molecule has 11 nitrogen and oxygen atoms in total. The molecule has 0 spiro atoms. The van der Waals surface area contributed by atoms with Crippen LogP contribution >= 0.6 is 23.2 Å². The van der Waals surface area contributed by atoms with Gasteiger partial charge < -0.3 is 24.4 Å². The number of nitro groups is 2. The number of benzene rings is 2. The molecule has 2 aromatic rings. The van der Waals surface area contributed by atoms with E-state index in [-0.39, 0.29) is 33.8 Å². The van der Waals surface area contributed by atoms with Crippen molar-refractivity contribution in [2.75, 3.05) is 13.2 Å². The van der Waals surface area contributed by atoms with Gasteiger partial charge in [-0.15, -0.1) is 0 Å². The Labute approximate surface area is 196 Å². The van der Waals surface area contributed by atoms with E-state index in [1.54, 1.807) is 20.8 Å². The van der Waals surface area contributed by atoms with Crippen LogP contribution in [0.4, 0.5) is 15.8 Å². The zero-order valence-corrected chi connectivity index (χ0v) is 19.0. The Hall–Kier alpha value is -2.93. The van der Waals surface area contributed by atoms with E-state index in [1.165, 1.54) is 0 Å². The van der Waals surface area contributed by atoms with Gasteiger partial charge in [-0.05, 0) is 20.8 Å². The van der Waals surface area contributed by atoms with E-state index in [4.69, 9.17) is 42.5 Å². The Balaban J connectivity index is 0.000000273. The van der Waals surface area contributed by atoms with E-state index in [9.17, 15) is 29.7 Å². The zero-order valence-electron chi connectivity index (χ0n) is 17.5. The number of phenolic OH excluding ortho intramolecular Hbond substituents is 2. The molecule has 1 atom stereocenters. The molecule has 1 saturated heterocycles. The largest absolute Gasteiger partial charge is 0.506 e. The van der Waals surface area contributed by atoms with Gasteiger partial charge in [0.1, 0.15) is 23.7 Å². The first kappa shape index (κ1) is 26.3. The molecule has 0 saturated carbocycles. The highest BCUT2D eigenvalue weighted by atomic mass is 35.5. The maximum atomic E-state index is 12.6. The molecule has 2 N–H and O–H groups in total. The molecular formula is C19H19Cl2FN2O9. The van der Waals surface area contributed by atoms with Crippen LogP contribution in [0.5, 0.6) is 17.2 Å². The average Bonchev–Trinajstić information content (AvgIpc) is 2.98. The smallest absolute Gasteiger partial charge is 0.312 e. The fourth-order valence-electron chi connectivity index (χ4n) is 2.74. The molecule has 1 heterocycles. The number of halogens is 3. The minimum absolute atomic E-state index is 0.0400. The van der Waals surface area contributed by atoms with E-state index in [2.05, 4.69) is 0 Å². The molecule has 1 aliphatic rings. The Morgan fingerprint density at radius 3 is 2.03 bits per heavy atom. The molecule has 14 heteroatoms. The first-order valence-electron chi connectivity index (χ1n) is 9.10. The van der Waals surface area contributed by atoms with E-state index >= 15 is 0 Å². The summed E-state index contributed by atoms with van der Waals surface area (Å²) in [5.74, 6) is -2.71. The molecule has 0 radical (unpaired) electrons. The van der Waals surface area contributed by atoms with Gasteiger partial charge in [-0.3, -0.25) is 20.2 Å². The van der Waals surface area contributed by atoms with Crippen molar-refractivity contribution in [2.45, 2.75) is 32.2 Å². The summed E-state index contributed by atoms with van der Waals surface area (Å²) >= 11 is 11.0. The van der Waals surface area contributed by atoms with Gasteiger partial charge in [0.25, 0.3) is 0 Å². The third-order valence-corrected chi connectivity index (χ3v) is 4.79. The van der Waals surface area contributed by atoms with Crippen LogP contribution in [0.3, 0.4) is 0 Å². The predicted octanol–water partition coefficient (Wildman–Crippen LogP) is 4.97. The van der Waals surface area contributed by atoms with E-state index in [0.717, 1.165) is 18.2 Å². The molecule has 33 heavy (non-hydrogen) atoms. The topological polar surface area (TPSA) is 154 Å². The molecular weight excluding hydrogens is 490 g/mol. The van der Waals surface area contributed by atoms with Gasteiger partial charge in [0.2, 0.25) is 11.6 Å². The number of aromatic hydroxyl groups is 2. The molecule has 0 amide bonds. The Morgan fingerprint density at radius 1 is 1.03 bits per heavy atom. The molecule has 2 aromatic carbocycles. The Morgan fingerprint density at radius 2 is 1.55 bits per heavy atom. The first-order chi connectivity index (χ1) is 15.1. The van der Waals surface area contributed by atoms with Crippen molar-refractivity contribution in [3.05, 3.63) is 60.4 Å². The molecule has 0 bridgehead atoms. The van der Waals surface area contributed by atoms with Crippen molar-refractivity contribution in [3.8, 4) is 17.2 Å². The van der Waals surface area contributed by atoms with Gasteiger partial charge in [0.15, 0.2) is 5.79 Å². The second-order valence-electron chi connectivity index (χ2n) is 7.57. The fourth-order valence-corrected chi connectivity index (χ4v) is 3.05. The van der Waals surface area contributed by atoms with Gasteiger partial charge in [-0.25, -0.2) is 0 Å². The average molecular weight is 509 g/mol. The normalized spacial score (nSPS) is 18.8. The highest BCUT2D eigenvalue weighted by molar-refractivity contribution is 6.32. The summed E-state index contributed by atoms with van der Waals surface area (Å²) in [5.41, 5.74) is -1.80. The summed E-state index contributed by atoms with van der Waals surface area (Å²) < 4.78 is 29.2. The summed E-state index contributed by atoms with van der Waals surface area (Å²) in [6.07, 6.45) is 0. The number of rotatable bonds is 5. The van der Waals surface area contributed by atoms with Crippen molar-refractivity contribution in [3.63, 3.8) is 0 Å². The van der Waals surface area contributed by atoms with Crippen LogP contribution in [-0.2, 0) is 9.47 Å². The molecule has 3 rings (SSSR count). The van der Waals surface area contributed by atoms with Crippen LogP contribution < -0.4 is 4.74 Å². The van der Waals surface area contributed by atoms with Gasteiger partial charge in [0, 0.05) is 24.3 Å². The molecule has 0 aliphatic carbocycles. The number of hydrogen-bond donors (Lipinski definition) is 2. The minimum Gasteiger partial charge on any atom is -0.506 e. The fraction of sp³-hybridized carbons (Fsp3) is 0.368. The van der Waals surface area contributed by atoms with Crippen molar-refractivity contribution >= 4 is 34.6 Å². The van der Waals surface area contributed by atoms with Gasteiger partial charge in [0.05, 0.1) is 26.5 Å². The van der Waals surface area contributed by atoms with Gasteiger partial charge in [-0.2, -0.15) is 4.39 Å².